The SMILES string of the molecule is COc1ccc(C(c2ccc3c(c2)OCO3)C(C)(C)C=O)cc1. The number of benzene rings is 2. The summed E-state index contributed by atoms with van der Waals surface area (Å²) in [5, 5.41) is 0. The molecule has 0 bridgehead atoms. The molecule has 1 aliphatic heterocycles. The third-order valence-electron chi connectivity index (χ3n) is 4.23. The maximum absolute atomic E-state index is 11.7. The van der Waals surface area contributed by atoms with E-state index < -0.39 is 5.41 Å². The number of methoxy groups -OCH3 is 1. The molecule has 2 aromatic rings. The quantitative estimate of drug-likeness (QED) is 0.788. The van der Waals surface area contributed by atoms with E-state index in [9.17, 15) is 4.79 Å². The Balaban J connectivity index is 2.06. The van der Waals surface area contributed by atoms with Crippen LogP contribution >= 0.6 is 0 Å². The predicted molar refractivity (Wildman–Crippen MR) is 87.2 cm³/mol. The minimum Gasteiger partial charge on any atom is -0.497 e. The molecule has 4 heteroatoms. The normalized spacial score (nSPS) is 14.4. The fourth-order valence-corrected chi connectivity index (χ4v) is 3.01. The van der Waals surface area contributed by atoms with Crippen molar-refractivity contribution in [3.8, 4) is 17.2 Å². The summed E-state index contributed by atoms with van der Waals surface area (Å²) in [6.45, 7) is 4.13. The average Bonchev–Trinajstić information content (AvgIpc) is 3.03. The highest BCUT2D eigenvalue weighted by Crippen LogP contribution is 2.43. The van der Waals surface area contributed by atoms with Gasteiger partial charge in [0.25, 0.3) is 0 Å². The molecule has 120 valence electrons. The summed E-state index contributed by atoms with van der Waals surface area (Å²) in [6.07, 6.45) is 1.01. The lowest BCUT2D eigenvalue weighted by molar-refractivity contribution is -0.115. The molecule has 0 amide bonds. The summed E-state index contributed by atoms with van der Waals surface area (Å²) in [6, 6.07) is 13.7. The molecule has 0 radical (unpaired) electrons. The Morgan fingerprint density at radius 1 is 1.04 bits per heavy atom. The number of carbonyl (C=O) groups excluding carboxylic acids is 1. The first-order chi connectivity index (χ1) is 11.0. The zero-order chi connectivity index (χ0) is 16.4. The Hall–Kier alpha value is -2.49. The molecule has 0 saturated heterocycles. The number of aldehydes is 1. The van der Waals surface area contributed by atoms with E-state index in [2.05, 4.69) is 0 Å². The van der Waals surface area contributed by atoms with Crippen LogP contribution in [-0.4, -0.2) is 20.2 Å². The summed E-state index contributed by atoms with van der Waals surface area (Å²) >= 11 is 0. The van der Waals surface area contributed by atoms with Gasteiger partial charge in [-0.25, -0.2) is 0 Å². The lowest BCUT2D eigenvalue weighted by Gasteiger charge is -2.30. The first-order valence-electron chi connectivity index (χ1n) is 7.55. The Bertz CT molecular complexity index is 704. The van der Waals surface area contributed by atoms with Crippen molar-refractivity contribution in [1.82, 2.24) is 0 Å². The fraction of sp³-hybridized carbons (Fsp3) is 0.316. The number of rotatable bonds is 5. The molecule has 4 nitrogen and oxygen atoms in total. The monoisotopic (exact) mass is 312 g/mol. The van der Waals surface area contributed by atoms with Gasteiger partial charge in [0.1, 0.15) is 12.0 Å². The maximum atomic E-state index is 11.7. The van der Waals surface area contributed by atoms with Crippen LogP contribution in [0.25, 0.3) is 0 Å². The summed E-state index contributed by atoms with van der Waals surface area (Å²) < 4.78 is 16.1. The van der Waals surface area contributed by atoms with Gasteiger partial charge in [-0.3, -0.25) is 0 Å². The zero-order valence-corrected chi connectivity index (χ0v) is 13.5. The van der Waals surface area contributed by atoms with E-state index in [1.807, 2.05) is 56.3 Å². The van der Waals surface area contributed by atoms with E-state index in [-0.39, 0.29) is 12.7 Å². The second-order valence-corrected chi connectivity index (χ2v) is 6.26. The van der Waals surface area contributed by atoms with Crippen LogP contribution in [0.5, 0.6) is 17.2 Å². The first kappa shape index (κ1) is 15.4. The van der Waals surface area contributed by atoms with Gasteiger partial charge in [-0.15, -0.1) is 0 Å². The average molecular weight is 312 g/mol. The molecular weight excluding hydrogens is 292 g/mol. The van der Waals surface area contributed by atoms with Crippen molar-refractivity contribution in [1.29, 1.82) is 0 Å². The van der Waals surface area contributed by atoms with Crippen LogP contribution in [0, 0.1) is 5.41 Å². The largest absolute Gasteiger partial charge is 0.497 e. The second-order valence-electron chi connectivity index (χ2n) is 6.26. The van der Waals surface area contributed by atoms with Gasteiger partial charge >= 0.3 is 0 Å². The Labute approximate surface area is 136 Å². The van der Waals surface area contributed by atoms with E-state index in [1.165, 1.54) is 0 Å². The number of hydrogen-bond acceptors (Lipinski definition) is 4. The molecule has 1 aliphatic rings. The molecule has 0 spiro atoms. The smallest absolute Gasteiger partial charge is 0.231 e. The van der Waals surface area contributed by atoms with Gasteiger partial charge in [-0.2, -0.15) is 0 Å². The van der Waals surface area contributed by atoms with E-state index in [4.69, 9.17) is 14.2 Å². The molecular formula is C19H20O4. The molecule has 1 atom stereocenters. The number of fused-ring (bicyclic) bond motifs is 1. The third-order valence-corrected chi connectivity index (χ3v) is 4.23. The van der Waals surface area contributed by atoms with Gasteiger partial charge in [0.15, 0.2) is 11.5 Å². The molecule has 2 aromatic carbocycles. The van der Waals surface area contributed by atoms with Crippen LogP contribution in [0.4, 0.5) is 0 Å². The van der Waals surface area contributed by atoms with E-state index >= 15 is 0 Å². The summed E-state index contributed by atoms with van der Waals surface area (Å²) in [5.74, 6) is 2.18. The van der Waals surface area contributed by atoms with Crippen LogP contribution in [0.15, 0.2) is 42.5 Å². The minimum atomic E-state index is -0.553. The van der Waals surface area contributed by atoms with Crippen LogP contribution in [0.1, 0.15) is 30.9 Å². The highest BCUT2D eigenvalue weighted by Gasteiger charge is 2.33. The molecule has 1 unspecified atom stereocenters. The van der Waals surface area contributed by atoms with Gasteiger partial charge in [0.05, 0.1) is 7.11 Å². The third kappa shape index (κ3) is 2.89. The second kappa shape index (κ2) is 5.95. The molecule has 1 heterocycles. The van der Waals surface area contributed by atoms with E-state index in [0.717, 1.165) is 34.7 Å². The highest BCUT2D eigenvalue weighted by atomic mass is 16.7. The molecule has 0 saturated carbocycles. The molecule has 0 fully saturated rings. The Morgan fingerprint density at radius 2 is 1.70 bits per heavy atom. The fourth-order valence-electron chi connectivity index (χ4n) is 3.01. The summed E-state index contributed by atoms with van der Waals surface area (Å²) in [4.78, 5) is 11.7. The Morgan fingerprint density at radius 3 is 2.35 bits per heavy atom. The molecule has 0 aromatic heterocycles. The number of hydrogen-bond donors (Lipinski definition) is 0. The molecule has 0 N–H and O–H groups in total. The van der Waals surface area contributed by atoms with Crippen molar-refractivity contribution in [2.75, 3.05) is 13.9 Å². The van der Waals surface area contributed by atoms with Gasteiger partial charge in [0, 0.05) is 11.3 Å². The number of carbonyl (C=O) groups is 1. The van der Waals surface area contributed by atoms with Gasteiger partial charge < -0.3 is 19.0 Å². The van der Waals surface area contributed by atoms with Crippen LogP contribution in [-0.2, 0) is 4.79 Å². The summed E-state index contributed by atoms with van der Waals surface area (Å²) in [5.41, 5.74) is 1.53. The van der Waals surface area contributed by atoms with Crippen LogP contribution in [0.2, 0.25) is 0 Å². The van der Waals surface area contributed by atoms with Crippen molar-refractivity contribution in [3.63, 3.8) is 0 Å². The maximum Gasteiger partial charge on any atom is 0.231 e. The molecule has 23 heavy (non-hydrogen) atoms. The molecule has 3 rings (SSSR count). The topological polar surface area (TPSA) is 44.8 Å². The van der Waals surface area contributed by atoms with E-state index in [0.29, 0.717) is 0 Å². The van der Waals surface area contributed by atoms with E-state index in [1.54, 1.807) is 7.11 Å². The lowest BCUT2D eigenvalue weighted by atomic mass is 9.72. The van der Waals surface area contributed by atoms with Crippen molar-refractivity contribution in [2.24, 2.45) is 5.41 Å². The van der Waals surface area contributed by atoms with Gasteiger partial charge in [0.2, 0.25) is 6.79 Å². The predicted octanol–water partition coefficient (Wildman–Crippen LogP) is 3.78. The van der Waals surface area contributed by atoms with Gasteiger partial charge in [-0.1, -0.05) is 32.0 Å². The van der Waals surface area contributed by atoms with Crippen molar-refractivity contribution < 1.29 is 19.0 Å². The Kier molecular flexibility index (Phi) is 3.99. The van der Waals surface area contributed by atoms with Crippen LogP contribution < -0.4 is 14.2 Å². The minimum absolute atomic E-state index is 0.0830. The number of ether oxygens (including phenoxy) is 3. The van der Waals surface area contributed by atoms with Crippen molar-refractivity contribution >= 4 is 6.29 Å². The lowest BCUT2D eigenvalue weighted by Crippen LogP contribution is -2.24. The van der Waals surface area contributed by atoms with Crippen molar-refractivity contribution in [2.45, 2.75) is 19.8 Å². The standard InChI is InChI=1S/C19H20O4/c1-19(2,11-20)18(13-4-7-15(21-3)8-5-13)14-6-9-16-17(10-14)23-12-22-16/h4-11,18H,12H2,1-3H3. The molecule has 0 aliphatic carbocycles. The van der Waals surface area contributed by atoms with Gasteiger partial charge in [-0.05, 0) is 35.4 Å². The summed E-state index contributed by atoms with van der Waals surface area (Å²) in [7, 11) is 1.64. The highest BCUT2D eigenvalue weighted by molar-refractivity contribution is 5.63. The zero-order valence-electron chi connectivity index (χ0n) is 13.5. The first-order valence-corrected chi connectivity index (χ1v) is 7.55. The van der Waals surface area contributed by atoms with Crippen molar-refractivity contribution in [3.05, 3.63) is 53.6 Å². The van der Waals surface area contributed by atoms with Crippen LogP contribution in [0.3, 0.4) is 0 Å².